The van der Waals surface area contributed by atoms with Crippen molar-refractivity contribution >= 4 is 79.2 Å². The van der Waals surface area contributed by atoms with Crippen LogP contribution in [0.3, 0.4) is 0 Å². The topological polar surface area (TPSA) is 3.24 Å². The molecule has 282 valence electrons. The lowest BCUT2D eigenvalue weighted by Crippen LogP contribution is -2.79. The highest BCUT2D eigenvalue weighted by atomic mass is 32.2. The molecule has 0 saturated carbocycles. The molecule has 1 nitrogen and oxygen atoms in total. The molecule has 12 rings (SSSR count). The molecule has 0 atom stereocenters. The largest absolute Gasteiger partial charge is 0.310 e. The summed E-state index contributed by atoms with van der Waals surface area (Å²) in [6, 6.07) is 84.1. The second kappa shape index (κ2) is 14.1. The van der Waals surface area contributed by atoms with Crippen LogP contribution in [0.5, 0.6) is 0 Å². The number of anilines is 3. The highest BCUT2D eigenvalue weighted by Gasteiger charge is 2.51. The zero-order valence-corrected chi connectivity index (χ0v) is 34.7. The van der Waals surface area contributed by atoms with Crippen LogP contribution in [0.2, 0.25) is 0 Å². The van der Waals surface area contributed by atoms with E-state index in [-0.39, 0.29) is 0 Å². The Morgan fingerprint density at radius 1 is 0.367 bits per heavy atom. The van der Waals surface area contributed by atoms with Crippen molar-refractivity contribution in [1.82, 2.24) is 0 Å². The molecule has 1 spiro atoms. The maximum absolute atomic E-state index is 2.74. The minimum atomic E-state index is -2.74. The molecule has 0 saturated heterocycles. The standard InChI is InChI=1S/C57H39NSSi/c1-4-19-46-39(14-1)17-11-21-48(46)41-30-34-44(35-31-41)58(45-36-32-42(33-37-45)49-22-12-18-40-15-2-5-20-47(40)49)51-23-13-29-55-50(51)38-43-16-3-8-26-54(43)60(55)56-27-9-6-24-52(56)59-53-25-7-10-28-57(53)60/h1-37H,38H2. The van der Waals surface area contributed by atoms with Crippen LogP contribution in [0.1, 0.15) is 11.1 Å². The third-order valence-electron chi connectivity index (χ3n) is 12.8. The molecule has 0 N–H and O–H groups in total. The molecule has 0 aromatic heterocycles. The summed E-state index contributed by atoms with van der Waals surface area (Å²) in [5, 5.41) is 11.0. The summed E-state index contributed by atoms with van der Waals surface area (Å²) in [6.45, 7) is 0. The SMILES string of the molecule is c1ccc2c(c1)Cc1c(N(c3ccc(-c4cccc5ccccc45)cc3)c3ccc(-c4cccc5ccccc45)cc3)cccc1[Si]21c2ccccc2Sc2ccccc21. The summed E-state index contributed by atoms with van der Waals surface area (Å²) in [5.41, 5.74) is 11.3. The molecule has 0 amide bonds. The molecule has 0 unspecified atom stereocenters. The van der Waals surface area contributed by atoms with Gasteiger partial charge in [-0.2, -0.15) is 0 Å². The Morgan fingerprint density at radius 2 is 0.817 bits per heavy atom. The van der Waals surface area contributed by atoms with Gasteiger partial charge in [-0.25, -0.2) is 0 Å². The molecule has 2 aliphatic rings. The summed E-state index contributed by atoms with van der Waals surface area (Å²) < 4.78 is 0. The smallest absolute Gasteiger partial charge is 0.182 e. The first-order valence-electron chi connectivity index (χ1n) is 20.8. The van der Waals surface area contributed by atoms with Crippen molar-refractivity contribution in [3.63, 3.8) is 0 Å². The van der Waals surface area contributed by atoms with Gasteiger partial charge in [0.25, 0.3) is 0 Å². The Morgan fingerprint density at radius 3 is 1.40 bits per heavy atom. The fraction of sp³-hybridized carbons (Fsp3) is 0.0175. The maximum Gasteiger partial charge on any atom is 0.182 e. The highest BCUT2D eigenvalue weighted by molar-refractivity contribution is 8.00. The van der Waals surface area contributed by atoms with E-state index < -0.39 is 8.07 Å². The Bertz CT molecular complexity index is 3080. The third kappa shape index (κ3) is 5.40. The molecule has 2 heterocycles. The number of hydrogen-bond donors (Lipinski definition) is 0. The number of hydrogen-bond acceptors (Lipinski definition) is 2. The summed E-state index contributed by atoms with van der Waals surface area (Å²) in [7, 11) is -2.74. The second-order valence-electron chi connectivity index (χ2n) is 16.0. The molecule has 0 radical (unpaired) electrons. The number of nitrogens with zero attached hydrogens (tertiary/aromatic N) is 1. The van der Waals surface area contributed by atoms with Crippen molar-refractivity contribution in [3.8, 4) is 22.3 Å². The molecule has 10 aromatic rings. The van der Waals surface area contributed by atoms with Gasteiger partial charge in [-0.3, -0.25) is 0 Å². The molecule has 60 heavy (non-hydrogen) atoms. The fourth-order valence-electron chi connectivity index (χ4n) is 10.2. The molecule has 0 bridgehead atoms. The van der Waals surface area contributed by atoms with Gasteiger partial charge in [-0.15, -0.1) is 0 Å². The zero-order valence-electron chi connectivity index (χ0n) is 32.9. The molecule has 10 aromatic carbocycles. The van der Waals surface area contributed by atoms with Gasteiger partial charge in [0.15, 0.2) is 8.07 Å². The molecular weight excluding hydrogens is 759 g/mol. The van der Waals surface area contributed by atoms with Crippen LogP contribution in [0, 0.1) is 0 Å². The number of benzene rings is 10. The van der Waals surface area contributed by atoms with Crippen molar-refractivity contribution in [3.05, 3.63) is 236 Å². The maximum atomic E-state index is 2.52. The van der Waals surface area contributed by atoms with E-state index in [4.69, 9.17) is 0 Å². The summed E-state index contributed by atoms with van der Waals surface area (Å²) in [6.07, 6.45) is 0.868. The first-order valence-corrected chi connectivity index (χ1v) is 23.6. The van der Waals surface area contributed by atoms with Crippen molar-refractivity contribution in [2.75, 3.05) is 4.90 Å². The van der Waals surface area contributed by atoms with Crippen LogP contribution >= 0.6 is 11.8 Å². The monoisotopic (exact) mass is 797 g/mol. The van der Waals surface area contributed by atoms with E-state index in [0.29, 0.717) is 0 Å². The summed E-state index contributed by atoms with van der Waals surface area (Å²) >= 11 is 1.93. The normalized spacial score (nSPS) is 13.3. The Hall–Kier alpha value is -6.91. The molecule has 2 aliphatic heterocycles. The van der Waals surface area contributed by atoms with Crippen molar-refractivity contribution in [1.29, 1.82) is 0 Å². The predicted octanol–water partition coefficient (Wildman–Crippen LogP) is 12.5. The van der Waals surface area contributed by atoms with E-state index in [9.17, 15) is 0 Å². The van der Waals surface area contributed by atoms with Crippen LogP contribution in [0.25, 0.3) is 43.8 Å². The molecule has 3 heteroatoms. The van der Waals surface area contributed by atoms with Gasteiger partial charge in [-0.1, -0.05) is 194 Å². The highest BCUT2D eigenvalue weighted by Crippen LogP contribution is 2.42. The second-order valence-corrected chi connectivity index (χ2v) is 20.7. The Kier molecular flexibility index (Phi) is 8.26. The average Bonchev–Trinajstić information content (AvgIpc) is 3.32. The minimum Gasteiger partial charge on any atom is -0.310 e. The van der Waals surface area contributed by atoms with Gasteiger partial charge in [0, 0.05) is 26.9 Å². The third-order valence-corrected chi connectivity index (χ3v) is 19.4. The van der Waals surface area contributed by atoms with Crippen LogP contribution in [0.15, 0.2) is 234 Å². The predicted molar refractivity (Wildman–Crippen MR) is 258 cm³/mol. The lowest BCUT2D eigenvalue weighted by Gasteiger charge is -2.45. The van der Waals surface area contributed by atoms with Crippen LogP contribution in [0.4, 0.5) is 17.1 Å². The van der Waals surface area contributed by atoms with Gasteiger partial charge in [0.05, 0.1) is 0 Å². The van der Waals surface area contributed by atoms with Crippen LogP contribution in [-0.2, 0) is 6.42 Å². The minimum absolute atomic E-state index is 0.868. The van der Waals surface area contributed by atoms with E-state index >= 15 is 0 Å². The van der Waals surface area contributed by atoms with E-state index in [0.717, 1.165) is 17.8 Å². The molecular formula is C57H39NSSi. The van der Waals surface area contributed by atoms with E-state index in [1.807, 2.05) is 11.8 Å². The molecule has 0 aliphatic carbocycles. The van der Waals surface area contributed by atoms with E-state index in [1.165, 1.54) is 91.2 Å². The lowest BCUT2D eigenvalue weighted by molar-refractivity contribution is 1.16. The van der Waals surface area contributed by atoms with Crippen LogP contribution in [-0.4, -0.2) is 8.07 Å². The van der Waals surface area contributed by atoms with Crippen LogP contribution < -0.4 is 25.6 Å². The summed E-state index contributed by atoms with van der Waals surface area (Å²) in [4.78, 5) is 5.27. The number of fused-ring (bicyclic) bond motifs is 10. The van der Waals surface area contributed by atoms with Crippen molar-refractivity contribution in [2.45, 2.75) is 16.2 Å². The Balaban J connectivity index is 1.08. The fourth-order valence-corrected chi connectivity index (χ4v) is 17.7. The summed E-state index contributed by atoms with van der Waals surface area (Å²) in [5.74, 6) is 0. The van der Waals surface area contributed by atoms with Gasteiger partial charge >= 0.3 is 0 Å². The molecule has 0 fully saturated rings. The first-order chi connectivity index (χ1) is 29.8. The van der Waals surface area contributed by atoms with Gasteiger partial charge in [0.2, 0.25) is 0 Å². The quantitative estimate of drug-likeness (QED) is 0.160. The first kappa shape index (κ1) is 35.1. The Labute approximate surface area is 356 Å². The van der Waals surface area contributed by atoms with Crippen molar-refractivity contribution < 1.29 is 0 Å². The van der Waals surface area contributed by atoms with Gasteiger partial charge in [-0.05, 0) is 125 Å². The average molecular weight is 798 g/mol. The zero-order chi connectivity index (χ0) is 39.6. The van der Waals surface area contributed by atoms with Gasteiger partial charge in [0.1, 0.15) is 0 Å². The van der Waals surface area contributed by atoms with Crippen molar-refractivity contribution in [2.24, 2.45) is 0 Å². The lowest BCUT2D eigenvalue weighted by atomic mass is 9.97. The van der Waals surface area contributed by atoms with Gasteiger partial charge < -0.3 is 4.90 Å². The van der Waals surface area contributed by atoms with E-state index in [1.54, 1.807) is 0 Å². The number of rotatable bonds is 5. The van der Waals surface area contributed by atoms with E-state index in [2.05, 4.69) is 229 Å².